The molecule has 3 N–H and O–H groups in total. The molecular weight excluding hydrogens is 238 g/mol. The molecule has 92 valence electrons. The van der Waals surface area contributed by atoms with Crippen LogP contribution in [0.25, 0.3) is 0 Å². The highest BCUT2D eigenvalue weighted by Gasteiger charge is 2.07. The zero-order chi connectivity index (χ0) is 12.8. The van der Waals surface area contributed by atoms with Gasteiger partial charge in [-0.2, -0.15) is 5.10 Å². The first-order chi connectivity index (χ1) is 8.08. The predicted molar refractivity (Wildman–Crippen MR) is 71.7 cm³/mol. The average molecular weight is 253 g/mol. The lowest BCUT2D eigenvalue weighted by Crippen LogP contribution is -2.25. The van der Waals surface area contributed by atoms with Crippen molar-refractivity contribution < 1.29 is 9.47 Å². The molecule has 0 spiro atoms. The number of thiocarbonyl (C=S) groups is 1. The number of nitrogens with one attached hydrogen (secondary N) is 1. The Morgan fingerprint density at radius 1 is 1.35 bits per heavy atom. The van der Waals surface area contributed by atoms with Crippen molar-refractivity contribution in [2.24, 2.45) is 10.8 Å². The van der Waals surface area contributed by atoms with E-state index in [0.717, 1.165) is 17.0 Å². The van der Waals surface area contributed by atoms with Gasteiger partial charge in [0.15, 0.2) is 5.11 Å². The maximum atomic E-state index is 5.30. The van der Waals surface area contributed by atoms with E-state index >= 15 is 0 Å². The molecule has 1 aromatic rings. The summed E-state index contributed by atoms with van der Waals surface area (Å²) in [5.41, 5.74) is 9.40. The van der Waals surface area contributed by atoms with Gasteiger partial charge in [0, 0.05) is 11.6 Å². The molecule has 0 radical (unpaired) electrons. The zero-order valence-electron chi connectivity index (χ0n) is 9.98. The highest BCUT2D eigenvalue weighted by Crippen LogP contribution is 2.24. The second-order valence-electron chi connectivity index (χ2n) is 3.24. The largest absolute Gasteiger partial charge is 0.497 e. The molecule has 5 nitrogen and oxygen atoms in total. The topological polar surface area (TPSA) is 68.9 Å². The standard InChI is InChI=1S/C11H15N3O2S/c1-7(13-14-11(12)17)9-5-4-8(15-2)6-10(9)16-3/h4-6H,1-3H3,(H3,12,14,17)/b13-7-. The number of hydrogen-bond acceptors (Lipinski definition) is 4. The third kappa shape index (κ3) is 3.60. The van der Waals surface area contributed by atoms with E-state index in [0.29, 0.717) is 5.75 Å². The Kier molecular flexibility index (Phi) is 4.71. The first-order valence-electron chi connectivity index (χ1n) is 4.90. The van der Waals surface area contributed by atoms with Crippen molar-refractivity contribution in [3.63, 3.8) is 0 Å². The molecule has 0 amide bonds. The van der Waals surface area contributed by atoms with Crippen molar-refractivity contribution in [3.8, 4) is 11.5 Å². The lowest BCUT2D eigenvalue weighted by molar-refractivity contribution is 0.394. The van der Waals surface area contributed by atoms with Crippen LogP contribution < -0.4 is 20.6 Å². The maximum Gasteiger partial charge on any atom is 0.184 e. The van der Waals surface area contributed by atoms with Crippen LogP contribution in [0.3, 0.4) is 0 Å². The van der Waals surface area contributed by atoms with Gasteiger partial charge in [-0.3, -0.25) is 5.43 Å². The highest BCUT2D eigenvalue weighted by molar-refractivity contribution is 7.80. The summed E-state index contributed by atoms with van der Waals surface area (Å²) in [5, 5.41) is 4.16. The van der Waals surface area contributed by atoms with E-state index in [4.69, 9.17) is 15.2 Å². The van der Waals surface area contributed by atoms with Crippen molar-refractivity contribution >= 4 is 23.0 Å². The second-order valence-corrected chi connectivity index (χ2v) is 3.68. The van der Waals surface area contributed by atoms with Gasteiger partial charge in [-0.1, -0.05) is 0 Å². The van der Waals surface area contributed by atoms with Gasteiger partial charge in [-0.25, -0.2) is 0 Å². The monoisotopic (exact) mass is 253 g/mol. The molecule has 0 aromatic heterocycles. The van der Waals surface area contributed by atoms with Crippen LogP contribution in [0.4, 0.5) is 0 Å². The van der Waals surface area contributed by atoms with Crippen LogP contribution in [-0.4, -0.2) is 25.0 Å². The summed E-state index contributed by atoms with van der Waals surface area (Å²) in [6.07, 6.45) is 0. The summed E-state index contributed by atoms with van der Waals surface area (Å²) < 4.78 is 10.4. The molecule has 0 saturated heterocycles. The summed E-state index contributed by atoms with van der Waals surface area (Å²) in [6, 6.07) is 5.48. The fourth-order valence-electron chi connectivity index (χ4n) is 1.30. The van der Waals surface area contributed by atoms with Gasteiger partial charge in [0.05, 0.1) is 19.9 Å². The summed E-state index contributed by atoms with van der Waals surface area (Å²) in [5.74, 6) is 1.40. The number of rotatable bonds is 4. The summed E-state index contributed by atoms with van der Waals surface area (Å²) in [4.78, 5) is 0. The molecule has 6 heteroatoms. The summed E-state index contributed by atoms with van der Waals surface area (Å²) >= 11 is 4.67. The Balaban J connectivity index is 3.04. The van der Waals surface area contributed by atoms with E-state index < -0.39 is 0 Å². The molecule has 0 saturated carbocycles. The maximum absolute atomic E-state index is 5.30. The van der Waals surface area contributed by atoms with Gasteiger partial charge in [0.2, 0.25) is 0 Å². The Labute approximate surface area is 106 Å². The van der Waals surface area contributed by atoms with Crippen molar-refractivity contribution in [3.05, 3.63) is 23.8 Å². The third-order valence-corrected chi connectivity index (χ3v) is 2.22. The molecule has 0 fully saturated rings. The highest BCUT2D eigenvalue weighted by atomic mass is 32.1. The summed E-state index contributed by atoms with van der Waals surface area (Å²) in [7, 11) is 3.19. The minimum absolute atomic E-state index is 0.122. The van der Waals surface area contributed by atoms with Gasteiger partial charge in [0.25, 0.3) is 0 Å². The van der Waals surface area contributed by atoms with E-state index in [1.54, 1.807) is 20.3 Å². The molecule has 1 aromatic carbocycles. The summed E-state index contributed by atoms with van der Waals surface area (Å²) in [6.45, 7) is 1.83. The average Bonchev–Trinajstić information content (AvgIpc) is 2.34. The molecule has 0 unspecified atom stereocenters. The number of hydrogen-bond donors (Lipinski definition) is 2. The minimum Gasteiger partial charge on any atom is -0.497 e. The van der Waals surface area contributed by atoms with E-state index in [2.05, 4.69) is 22.7 Å². The van der Waals surface area contributed by atoms with Crippen LogP contribution in [0.1, 0.15) is 12.5 Å². The number of nitrogens with two attached hydrogens (primary N) is 1. The molecule has 0 aliphatic rings. The van der Waals surface area contributed by atoms with Crippen molar-refractivity contribution in [2.45, 2.75) is 6.92 Å². The van der Waals surface area contributed by atoms with Gasteiger partial charge in [-0.15, -0.1) is 0 Å². The minimum atomic E-state index is 0.122. The lowest BCUT2D eigenvalue weighted by atomic mass is 10.1. The van der Waals surface area contributed by atoms with Crippen LogP contribution in [-0.2, 0) is 0 Å². The molecule has 1 rings (SSSR count). The van der Waals surface area contributed by atoms with Crippen LogP contribution in [0.2, 0.25) is 0 Å². The molecule has 17 heavy (non-hydrogen) atoms. The third-order valence-electron chi connectivity index (χ3n) is 2.13. The molecule has 0 bridgehead atoms. The Hall–Kier alpha value is -1.82. The quantitative estimate of drug-likeness (QED) is 0.480. The number of benzene rings is 1. The SMILES string of the molecule is COc1ccc(/C(C)=N\NC(N)=S)c(OC)c1. The Morgan fingerprint density at radius 2 is 2.06 bits per heavy atom. The van der Waals surface area contributed by atoms with Crippen molar-refractivity contribution in [2.75, 3.05) is 14.2 Å². The van der Waals surface area contributed by atoms with Crippen LogP contribution in [0.5, 0.6) is 11.5 Å². The number of methoxy groups -OCH3 is 2. The first-order valence-corrected chi connectivity index (χ1v) is 5.31. The molecule has 0 aliphatic heterocycles. The van der Waals surface area contributed by atoms with Crippen LogP contribution in [0.15, 0.2) is 23.3 Å². The molecule has 0 heterocycles. The smallest absolute Gasteiger partial charge is 0.184 e. The van der Waals surface area contributed by atoms with Crippen molar-refractivity contribution in [1.29, 1.82) is 0 Å². The predicted octanol–water partition coefficient (Wildman–Crippen LogP) is 1.26. The van der Waals surface area contributed by atoms with Gasteiger partial charge >= 0.3 is 0 Å². The van der Waals surface area contributed by atoms with Gasteiger partial charge < -0.3 is 15.2 Å². The zero-order valence-corrected chi connectivity index (χ0v) is 10.8. The Bertz CT molecular complexity index is 446. The van der Waals surface area contributed by atoms with E-state index in [1.807, 2.05) is 19.1 Å². The second kappa shape index (κ2) is 6.05. The van der Waals surface area contributed by atoms with E-state index in [1.165, 1.54) is 0 Å². The van der Waals surface area contributed by atoms with Crippen LogP contribution in [0, 0.1) is 0 Å². The fraction of sp³-hybridized carbons (Fsp3) is 0.273. The van der Waals surface area contributed by atoms with E-state index in [9.17, 15) is 0 Å². The van der Waals surface area contributed by atoms with Gasteiger partial charge in [-0.05, 0) is 31.3 Å². The number of nitrogens with zero attached hydrogens (tertiary/aromatic N) is 1. The van der Waals surface area contributed by atoms with Crippen LogP contribution >= 0.6 is 12.2 Å². The van der Waals surface area contributed by atoms with Crippen molar-refractivity contribution in [1.82, 2.24) is 5.43 Å². The molecular formula is C11H15N3O2S. The fourth-order valence-corrected chi connectivity index (χ4v) is 1.34. The lowest BCUT2D eigenvalue weighted by Gasteiger charge is -2.10. The van der Waals surface area contributed by atoms with E-state index in [-0.39, 0.29) is 5.11 Å². The normalized spacial score (nSPS) is 10.9. The number of ether oxygens (including phenoxy) is 2. The molecule has 0 aliphatic carbocycles. The number of hydrazone groups is 1. The van der Waals surface area contributed by atoms with Gasteiger partial charge in [0.1, 0.15) is 11.5 Å². The molecule has 0 atom stereocenters. The Morgan fingerprint density at radius 3 is 2.59 bits per heavy atom. The first kappa shape index (κ1) is 13.2.